The van der Waals surface area contributed by atoms with Crippen LogP contribution in [0.25, 0.3) is 5.69 Å². The Balaban J connectivity index is 1.45. The van der Waals surface area contributed by atoms with E-state index in [2.05, 4.69) is 24.3 Å². The first-order valence-corrected chi connectivity index (χ1v) is 22.3. The molecule has 0 saturated carbocycles. The summed E-state index contributed by atoms with van der Waals surface area (Å²) >= 11 is 0.934. The molecule has 2 N–H and O–H groups in total. The number of hydrogen-bond acceptors (Lipinski definition) is 7. The molecule has 0 aliphatic heterocycles. The predicted octanol–water partition coefficient (Wildman–Crippen LogP) is 13.1. The molecule has 0 fully saturated rings. The van der Waals surface area contributed by atoms with Gasteiger partial charge < -0.3 is 14.8 Å². The number of amides is 1. The van der Waals surface area contributed by atoms with Gasteiger partial charge in [-0.3, -0.25) is 24.8 Å². The van der Waals surface area contributed by atoms with E-state index in [1.807, 2.05) is 12.1 Å². The van der Waals surface area contributed by atoms with Gasteiger partial charge in [-0.25, -0.2) is 4.68 Å². The number of anilines is 1. The van der Waals surface area contributed by atoms with Crippen LogP contribution in [0.4, 0.5) is 11.5 Å². The first kappa shape index (κ1) is 45.2. The Hall–Kier alpha value is -4.51. The first-order chi connectivity index (χ1) is 27.9. The van der Waals surface area contributed by atoms with Crippen LogP contribution in [0.3, 0.4) is 0 Å². The lowest BCUT2D eigenvalue weighted by Crippen LogP contribution is -2.15. The van der Waals surface area contributed by atoms with Crippen molar-refractivity contribution in [2.45, 2.75) is 152 Å². The third-order valence-corrected chi connectivity index (χ3v) is 11.2. The molecule has 11 heteroatoms. The highest BCUT2D eigenvalue weighted by Gasteiger charge is 2.23. The second-order valence-corrected chi connectivity index (χ2v) is 15.9. The molecule has 0 radical (unpaired) electrons. The van der Waals surface area contributed by atoms with E-state index >= 15 is 0 Å². The highest BCUT2D eigenvalue weighted by molar-refractivity contribution is 7.99. The van der Waals surface area contributed by atoms with Gasteiger partial charge in [0.1, 0.15) is 22.2 Å². The molecule has 57 heavy (non-hydrogen) atoms. The van der Waals surface area contributed by atoms with E-state index in [0.29, 0.717) is 36.0 Å². The summed E-state index contributed by atoms with van der Waals surface area (Å²) < 4.78 is 13.7. The molecule has 1 heterocycles. The monoisotopic (exact) mass is 800 g/mol. The average Bonchev–Trinajstić information content (AvgIpc) is 3.52. The van der Waals surface area contributed by atoms with Crippen molar-refractivity contribution in [3.8, 4) is 17.2 Å². The zero-order valence-corrected chi connectivity index (χ0v) is 35.1. The lowest BCUT2D eigenvalue weighted by molar-refractivity contribution is -0.387. The molecule has 0 saturated heterocycles. The number of ether oxygens (including phenoxy) is 2. The van der Waals surface area contributed by atoms with Crippen LogP contribution in [0.1, 0.15) is 153 Å². The van der Waals surface area contributed by atoms with Crippen LogP contribution in [0, 0.1) is 10.1 Å². The molecule has 4 aromatic rings. The molecular weight excluding hydrogens is 737 g/mol. The van der Waals surface area contributed by atoms with Gasteiger partial charge in [-0.15, -0.1) is 0 Å². The van der Waals surface area contributed by atoms with Gasteiger partial charge in [0.2, 0.25) is 0 Å². The number of carbonyl (C=O) groups is 1. The van der Waals surface area contributed by atoms with Crippen molar-refractivity contribution in [2.75, 3.05) is 18.5 Å². The van der Waals surface area contributed by atoms with Crippen molar-refractivity contribution in [1.29, 1.82) is 0 Å². The summed E-state index contributed by atoms with van der Waals surface area (Å²) in [4.78, 5) is 39.6. The summed E-state index contributed by atoms with van der Waals surface area (Å²) in [5.74, 6) is 0.735. The minimum Gasteiger partial charge on any atom is -0.493 e. The number of nitro benzene ring substituents is 1. The van der Waals surface area contributed by atoms with Gasteiger partial charge in [0.05, 0.1) is 28.7 Å². The van der Waals surface area contributed by atoms with Gasteiger partial charge in [-0.2, -0.15) is 0 Å². The van der Waals surface area contributed by atoms with Crippen LogP contribution in [0.2, 0.25) is 0 Å². The number of para-hydroxylation sites is 2. The van der Waals surface area contributed by atoms with Crippen LogP contribution in [-0.2, 0) is 0 Å². The number of aromatic amines is 1. The summed E-state index contributed by atoms with van der Waals surface area (Å²) in [7, 11) is 0. The van der Waals surface area contributed by atoms with Crippen LogP contribution in [-0.4, -0.2) is 33.8 Å². The summed E-state index contributed by atoms with van der Waals surface area (Å²) in [5, 5.41) is 17.8. The van der Waals surface area contributed by atoms with Gasteiger partial charge >= 0.3 is 0 Å². The molecule has 10 nitrogen and oxygen atoms in total. The van der Waals surface area contributed by atoms with Gasteiger partial charge in [-0.1, -0.05) is 172 Å². The molecule has 4 rings (SSSR count). The maximum Gasteiger partial charge on any atom is 0.287 e. The van der Waals surface area contributed by atoms with E-state index in [-0.39, 0.29) is 21.3 Å². The van der Waals surface area contributed by atoms with Crippen molar-refractivity contribution < 1.29 is 19.2 Å². The van der Waals surface area contributed by atoms with Crippen LogP contribution in [0.15, 0.2) is 87.4 Å². The van der Waals surface area contributed by atoms with E-state index in [1.165, 1.54) is 113 Å². The van der Waals surface area contributed by atoms with Crippen molar-refractivity contribution in [1.82, 2.24) is 9.78 Å². The average molecular weight is 801 g/mol. The third-order valence-electron chi connectivity index (χ3n) is 10.1. The smallest absolute Gasteiger partial charge is 0.287 e. The zero-order chi connectivity index (χ0) is 40.5. The van der Waals surface area contributed by atoms with Gasteiger partial charge in [-0.05, 0) is 43.2 Å². The van der Waals surface area contributed by atoms with E-state index < -0.39 is 16.4 Å². The number of rotatable bonds is 30. The Labute approximate surface area is 343 Å². The number of carbonyl (C=O) groups excluding carboxylic acids is 1. The quantitative estimate of drug-likeness (QED) is 0.0305. The first-order valence-electron chi connectivity index (χ1n) is 21.4. The maximum absolute atomic E-state index is 14.0. The fourth-order valence-corrected chi connectivity index (χ4v) is 7.77. The number of hydrogen-bond donors (Lipinski definition) is 2. The summed E-state index contributed by atoms with van der Waals surface area (Å²) in [6.07, 6.45) is 24.6. The molecule has 310 valence electrons. The number of aromatic nitrogens is 2. The Bertz CT molecular complexity index is 1780. The molecule has 1 aromatic heterocycles. The molecule has 0 spiro atoms. The second-order valence-electron chi connectivity index (χ2n) is 14.8. The Morgan fingerprint density at radius 3 is 1.67 bits per heavy atom. The topological polar surface area (TPSA) is 128 Å². The molecule has 0 bridgehead atoms. The minimum absolute atomic E-state index is 0.118. The number of H-pyrrole nitrogens is 1. The van der Waals surface area contributed by atoms with Crippen LogP contribution >= 0.6 is 11.8 Å². The van der Waals surface area contributed by atoms with Crippen molar-refractivity contribution in [3.63, 3.8) is 0 Å². The minimum atomic E-state index is -0.485. The standard InChI is InChI=1S/C46H64N4O6S/c1-3-5-7-9-11-13-15-17-19-26-32-55-39-34-37(35-40(36-39)56-33-27-20-18-16-14-12-10-8-6-4-2)45(51)47-44-43(57-42-31-25-24-30-41(42)50(53)54)46(52)49(48-44)38-28-22-21-23-29-38/h21-25,28-31,34-36,48H,3-20,26-27,32-33H2,1-2H3,(H,47,51). The Kier molecular flexibility index (Phi) is 20.9. The third kappa shape index (κ3) is 16.1. The largest absolute Gasteiger partial charge is 0.493 e. The molecule has 0 atom stereocenters. The number of nitro groups is 1. The van der Waals surface area contributed by atoms with Gasteiger partial charge in [0, 0.05) is 17.7 Å². The van der Waals surface area contributed by atoms with Crippen LogP contribution < -0.4 is 20.3 Å². The number of nitrogens with one attached hydrogen (secondary N) is 2. The molecule has 0 aliphatic rings. The molecule has 3 aromatic carbocycles. The van der Waals surface area contributed by atoms with Crippen molar-refractivity contribution >= 4 is 29.2 Å². The van der Waals surface area contributed by atoms with Gasteiger partial charge in [0.25, 0.3) is 17.2 Å². The summed E-state index contributed by atoms with van der Waals surface area (Å²) in [6.45, 7) is 5.55. The Morgan fingerprint density at radius 2 is 1.16 bits per heavy atom. The lowest BCUT2D eigenvalue weighted by Gasteiger charge is -2.13. The number of nitrogens with zero attached hydrogens (tertiary/aromatic N) is 2. The molecule has 0 unspecified atom stereocenters. The van der Waals surface area contributed by atoms with Crippen molar-refractivity contribution in [3.05, 3.63) is 98.8 Å². The summed E-state index contributed by atoms with van der Waals surface area (Å²) in [5.41, 5.74) is 0.276. The van der Waals surface area contributed by atoms with Crippen LogP contribution in [0.5, 0.6) is 11.5 Å². The van der Waals surface area contributed by atoms with E-state index in [0.717, 1.165) is 37.4 Å². The Morgan fingerprint density at radius 1 is 0.684 bits per heavy atom. The zero-order valence-electron chi connectivity index (χ0n) is 34.2. The summed E-state index contributed by atoms with van der Waals surface area (Å²) in [6, 6.07) is 20.4. The highest BCUT2D eigenvalue weighted by atomic mass is 32.2. The lowest BCUT2D eigenvalue weighted by atomic mass is 10.1. The molecule has 0 aliphatic carbocycles. The van der Waals surface area contributed by atoms with E-state index in [9.17, 15) is 19.7 Å². The predicted molar refractivity (Wildman–Crippen MR) is 233 cm³/mol. The van der Waals surface area contributed by atoms with Crippen molar-refractivity contribution in [2.24, 2.45) is 0 Å². The fraction of sp³-hybridized carbons (Fsp3) is 0.522. The SMILES string of the molecule is CCCCCCCCCCCCOc1cc(OCCCCCCCCCCCC)cc(C(=O)Nc2[nH]n(-c3ccccc3)c(=O)c2Sc2ccccc2[N+](=O)[O-])c1. The van der Waals surface area contributed by atoms with Gasteiger partial charge in [0.15, 0.2) is 0 Å². The van der Waals surface area contributed by atoms with E-state index in [4.69, 9.17) is 9.47 Å². The molecular formula is C46H64N4O6S. The number of benzene rings is 3. The maximum atomic E-state index is 14.0. The highest BCUT2D eigenvalue weighted by Crippen LogP contribution is 2.36. The second kappa shape index (κ2) is 26.4. The fourth-order valence-electron chi connectivity index (χ4n) is 6.78. The normalized spacial score (nSPS) is 11.1. The number of unbranched alkanes of at least 4 members (excludes halogenated alkanes) is 18. The van der Waals surface area contributed by atoms with E-state index in [1.54, 1.807) is 54.6 Å². The molecule has 1 amide bonds.